The number of unbranched alkanes of at least 4 members (excludes halogenated alkanes) is 2. The van der Waals surface area contributed by atoms with Crippen LogP contribution in [0.5, 0.6) is 0 Å². The molecule has 6 rings (SSSR count). The number of aromatic nitrogens is 2. The number of hydrogen-bond donors (Lipinski definition) is 12. The van der Waals surface area contributed by atoms with E-state index in [2.05, 4.69) is 64.3 Å². The van der Waals surface area contributed by atoms with Gasteiger partial charge in [-0.15, -0.1) is 47.4 Å². The molecule has 2 aliphatic heterocycles. The van der Waals surface area contributed by atoms with Gasteiger partial charge in [-0.1, -0.05) is 112 Å². The Balaban J connectivity index is 0.000000517. The number of rotatable bonds is 61. The van der Waals surface area contributed by atoms with Crippen LogP contribution < -0.4 is 54.0 Å². The summed E-state index contributed by atoms with van der Waals surface area (Å²) in [6, 6.07) is 6.41. The standard InChI is InChI=1S/C53H78N8O12S.C53H80N8O11S/c1-10-12-15-26-72-61(51(69)47(34(5)11-2)59-49(68)42-16-13-14-25-60(42)9)43(33(3)4)28-44(73-35(6)62)50-58-41(32-74-50)48(67)57-38(29-53(7,8)52(70)71)27-36-17-19-37(20-18-36)56-46(66)24-22-40(64)31-55-45(65)23-21-39(63)30-54;1-13-15-18-25-71-61(51(68)45(32(5)14-2)59-49(67)41-19-16-17-24-60(41)12)42(31(3)4)28-44(72-36(9)62)50-58-40(30-73-50)48(66)57-39(29-53(10,11)52(69)70)27-37-20-22-38(23-21-37)56-46(64)33(6)26-43(63)35(8)55-47(65)34(7)54/h1,17-20,32-34,38,42-44,47H,11-16,21-31,54H2,2-9H3,(H,55,65)(H,56,66)(H,57,67)(H,59,68)(H,70,71);1,20-23,30-35,39,41-42,44-45H,14-19,24-29,54H2,2-12H3,(H,55,65)(H,56,64)(H,57,66)(H,59,67)(H,69,70)/t34-,38-,42+,43+,44+,47-;32-,33+,34-,35-,39-,41+,42+,44+,45-/m00/s1. The average Bonchev–Trinajstić information content (AvgIpc) is 1.77. The topological polar surface area (TPSA) is 555 Å². The van der Waals surface area contributed by atoms with Crippen LogP contribution in [-0.4, -0.2) is 254 Å². The van der Waals surface area contributed by atoms with E-state index in [0.717, 1.165) is 67.0 Å². The van der Waals surface area contributed by atoms with Crippen molar-refractivity contribution in [2.75, 3.05) is 64.1 Å². The van der Waals surface area contributed by atoms with Crippen LogP contribution in [-0.2, 0) is 104 Å². The molecule has 812 valence electrons. The van der Waals surface area contributed by atoms with Crippen molar-refractivity contribution < 1.29 is 111 Å². The van der Waals surface area contributed by atoms with Gasteiger partial charge in [-0.05, 0) is 192 Å². The first-order valence-corrected chi connectivity index (χ1v) is 52.6. The van der Waals surface area contributed by atoms with E-state index in [9.17, 15) is 91.7 Å². The van der Waals surface area contributed by atoms with E-state index in [1.165, 1.54) is 48.6 Å². The van der Waals surface area contributed by atoms with Crippen molar-refractivity contribution in [1.82, 2.24) is 61.8 Å². The number of carboxylic acid groups (broad SMARTS) is 2. The third-order valence-electron chi connectivity index (χ3n) is 26.2. The summed E-state index contributed by atoms with van der Waals surface area (Å²) in [7, 11) is 3.81. The molecule has 4 aromatic rings. The number of benzene rings is 2. The lowest BCUT2D eigenvalue weighted by Gasteiger charge is -2.39. The van der Waals surface area contributed by atoms with Gasteiger partial charge in [0.2, 0.25) is 35.4 Å². The van der Waals surface area contributed by atoms with Gasteiger partial charge in [0.1, 0.15) is 39.3 Å². The number of terminal acetylenes is 2. The molecule has 39 nitrogen and oxygen atoms in total. The van der Waals surface area contributed by atoms with Gasteiger partial charge in [0.25, 0.3) is 23.6 Å². The smallest absolute Gasteiger partial charge is 0.309 e. The molecule has 41 heteroatoms. The molecule has 0 saturated carbocycles. The van der Waals surface area contributed by atoms with E-state index in [4.69, 9.17) is 43.5 Å². The van der Waals surface area contributed by atoms with Gasteiger partial charge in [-0.25, -0.2) is 20.1 Å². The first-order valence-electron chi connectivity index (χ1n) is 50.8. The molecule has 4 heterocycles. The van der Waals surface area contributed by atoms with Gasteiger partial charge in [0, 0.05) is 112 Å². The highest BCUT2D eigenvalue weighted by Crippen LogP contribution is 2.37. The Hall–Kier alpha value is -11.8. The molecule has 0 unspecified atom stereocenters. The van der Waals surface area contributed by atoms with E-state index >= 15 is 0 Å². The van der Waals surface area contributed by atoms with Gasteiger partial charge in [-0.2, -0.15) is 0 Å². The number of esters is 2. The number of aliphatic carboxylic acids is 2. The van der Waals surface area contributed by atoms with E-state index in [1.807, 2.05) is 79.3 Å². The minimum Gasteiger partial charge on any atom is -0.481 e. The van der Waals surface area contributed by atoms with Crippen molar-refractivity contribution in [2.45, 2.75) is 338 Å². The number of piperidine rings is 2. The highest BCUT2D eigenvalue weighted by atomic mass is 32.1. The number of likely N-dealkylation sites (tertiary alicyclic amines) is 2. The molecule has 2 aliphatic rings. The van der Waals surface area contributed by atoms with Crippen LogP contribution in [0.1, 0.15) is 307 Å². The van der Waals surface area contributed by atoms with Gasteiger partial charge in [-0.3, -0.25) is 101 Å². The molecule has 147 heavy (non-hydrogen) atoms. The van der Waals surface area contributed by atoms with E-state index in [-0.39, 0.29) is 183 Å². The van der Waals surface area contributed by atoms with Crippen LogP contribution in [0.3, 0.4) is 0 Å². The van der Waals surface area contributed by atoms with Crippen molar-refractivity contribution in [3.63, 3.8) is 0 Å². The molecule has 0 aliphatic carbocycles. The van der Waals surface area contributed by atoms with Gasteiger partial charge in [0.05, 0.1) is 73.4 Å². The first kappa shape index (κ1) is 126. The Morgan fingerprint density at radius 3 is 1.31 bits per heavy atom. The van der Waals surface area contributed by atoms with Crippen molar-refractivity contribution in [1.29, 1.82) is 0 Å². The first-order chi connectivity index (χ1) is 69.3. The second kappa shape index (κ2) is 62.5. The molecule has 0 spiro atoms. The molecule has 0 radical (unpaired) electrons. The van der Waals surface area contributed by atoms with E-state index in [1.54, 1.807) is 83.1 Å². The molecule has 2 fully saturated rings. The Kier molecular flexibility index (Phi) is 53.4. The lowest BCUT2D eigenvalue weighted by molar-refractivity contribution is -0.213. The summed E-state index contributed by atoms with van der Waals surface area (Å²) in [5.41, 5.74) is 10.6. The fourth-order valence-electron chi connectivity index (χ4n) is 16.6. The molecule has 14 N–H and O–H groups in total. The summed E-state index contributed by atoms with van der Waals surface area (Å²) in [5, 5.41) is 48.8. The molecule has 10 amide bonds. The number of carbonyl (C=O) groups excluding carboxylic acids is 15. The maximum absolute atomic E-state index is 14.8. The number of likely N-dealkylation sites (N-methyl/N-ethyl adjacent to an activating group) is 2. The molecule has 2 aromatic carbocycles. The maximum atomic E-state index is 14.8. The van der Waals surface area contributed by atoms with Crippen LogP contribution in [0.2, 0.25) is 0 Å². The van der Waals surface area contributed by atoms with E-state index < -0.39 is 148 Å². The lowest BCUT2D eigenvalue weighted by atomic mass is 9.84. The van der Waals surface area contributed by atoms with Crippen LogP contribution >= 0.6 is 22.7 Å². The summed E-state index contributed by atoms with van der Waals surface area (Å²) in [5.74, 6) is -5.35. The number of Topliss-reactive ketones (excluding diaryl/α,β-unsaturated/α-hetero) is 3. The van der Waals surface area contributed by atoms with Crippen molar-refractivity contribution in [2.24, 2.45) is 51.9 Å². The zero-order valence-corrected chi connectivity index (χ0v) is 90.5. The second-order valence-electron chi connectivity index (χ2n) is 40.4. The van der Waals surface area contributed by atoms with E-state index in [0.29, 0.717) is 68.3 Å². The normalized spacial score (nSPS) is 16.6. The molecule has 2 saturated heterocycles. The maximum Gasteiger partial charge on any atom is 0.309 e. The number of carboxylic acids is 2. The number of nitrogens with zero attached hydrogens (tertiary/aromatic N) is 6. The summed E-state index contributed by atoms with van der Waals surface area (Å²) >= 11 is 2.16. The Morgan fingerprint density at radius 2 is 0.946 bits per heavy atom. The fourth-order valence-corrected chi connectivity index (χ4v) is 18.3. The van der Waals surface area contributed by atoms with Gasteiger partial charge >= 0.3 is 23.9 Å². The highest BCUT2D eigenvalue weighted by molar-refractivity contribution is 7.10. The number of nitrogens with two attached hydrogens (primary N) is 2. The van der Waals surface area contributed by atoms with Crippen LogP contribution in [0.25, 0.3) is 0 Å². The quantitative estimate of drug-likeness (QED) is 0.00845. The summed E-state index contributed by atoms with van der Waals surface area (Å²) in [6.45, 7) is 29.9. The number of ether oxygens (including phenoxy) is 2. The molecule has 0 bridgehead atoms. The van der Waals surface area contributed by atoms with Crippen molar-refractivity contribution in [3.8, 4) is 24.7 Å². The minimum absolute atomic E-state index is 0.00144. The predicted molar refractivity (Wildman–Crippen MR) is 557 cm³/mol. The minimum atomic E-state index is -1.26. The third-order valence-corrected chi connectivity index (χ3v) is 28.1. The number of hydroxylamine groups is 4. The zero-order chi connectivity index (χ0) is 110. The Morgan fingerprint density at radius 1 is 0.544 bits per heavy atom. The number of hydrogen-bond acceptors (Lipinski definition) is 29. The van der Waals surface area contributed by atoms with Crippen LogP contribution in [0, 0.1) is 65.1 Å². The average molecular weight is 2090 g/mol. The summed E-state index contributed by atoms with van der Waals surface area (Å²) < 4.78 is 11.7. The van der Waals surface area contributed by atoms with Crippen molar-refractivity contribution >= 4 is 134 Å². The van der Waals surface area contributed by atoms with Crippen LogP contribution in [0.4, 0.5) is 11.4 Å². The number of nitrogens with one attached hydrogen (secondary N) is 8. The van der Waals surface area contributed by atoms with Crippen LogP contribution in [0.15, 0.2) is 59.3 Å². The zero-order valence-electron chi connectivity index (χ0n) is 88.9. The second-order valence-corrected chi connectivity index (χ2v) is 42.2. The lowest BCUT2D eigenvalue weighted by Crippen LogP contribution is -2.58. The van der Waals surface area contributed by atoms with Crippen molar-refractivity contribution in [3.05, 3.63) is 91.8 Å². The predicted octanol–water partition coefficient (Wildman–Crippen LogP) is 10.5. The monoisotopic (exact) mass is 2090 g/mol. The number of amides is 10. The number of anilines is 2. The summed E-state index contributed by atoms with van der Waals surface area (Å²) in [6.07, 6.45) is 17.0. The third kappa shape index (κ3) is 42.4. The SMILES string of the molecule is C#CCCCON(C(=O)[C@@H](NC(=O)[C@H]1CCCCN1C)[C@@H](C)CC)[C@H](C[C@@H](OC(C)=O)c1nc(C(=O)N[C@@H](Cc2ccc(NC(=O)CCC(=O)CNC(=O)CCC(=O)CN)cc2)CC(C)(C)C(=O)O)cs1)C(C)C.C#CCCCON(C(=O)[C@@H](NC(=O)[C@H]1CCCCN1C)[C@@H](C)CC)[C@H](C[C@@H](OC(C)=O)c1nc(C(=O)N[C@@H](Cc2ccc(NC(=O)[C@H](C)CC(=O)[C@H](C)NC(=O)[C@H](C)N)cc2)CC(C)(C)C(=O)O)cs1)C(C)C. The van der Waals surface area contributed by atoms with Gasteiger partial charge < -0.3 is 73.7 Å². The Labute approximate surface area is 872 Å². The molecular formula is C106H158N16O23S2. The molecular weight excluding hydrogens is 1930 g/mol. The highest BCUT2D eigenvalue weighted by Gasteiger charge is 2.44. The largest absolute Gasteiger partial charge is 0.481 e. The summed E-state index contributed by atoms with van der Waals surface area (Å²) in [4.78, 5) is 247. The molecule has 15 atom stereocenters. The van der Waals surface area contributed by atoms with Gasteiger partial charge in [0.15, 0.2) is 23.8 Å². The Bertz CT molecular complexity index is 5140. The number of ketones is 3. The fraction of sp³-hybridized carbons (Fsp3) is 0.632. The number of carbonyl (C=O) groups is 17. The molecule has 2 aromatic heterocycles. The number of thiazole rings is 2.